The Kier molecular flexibility index (Phi) is 5.85. The van der Waals surface area contributed by atoms with Gasteiger partial charge in [0.15, 0.2) is 0 Å². The second-order valence-corrected chi connectivity index (χ2v) is 4.56. The SMILES string of the molecule is CN(C)CCNC(C(N)=O)c1cccc(C(F)F)c1. The van der Waals surface area contributed by atoms with E-state index in [1.54, 1.807) is 6.07 Å². The van der Waals surface area contributed by atoms with Crippen LogP contribution in [0.25, 0.3) is 0 Å². The van der Waals surface area contributed by atoms with Crippen molar-refractivity contribution in [3.63, 3.8) is 0 Å². The quantitative estimate of drug-likeness (QED) is 0.786. The van der Waals surface area contributed by atoms with Crippen LogP contribution in [-0.4, -0.2) is 38.0 Å². The zero-order valence-corrected chi connectivity index (χ0v) is 11.1. The predicted molar refractivity (Wildman–Crippen MR) is 69.9 cm³/mol. The predicted octanol–water partition coefficient (Wildman–Crippen LogP) is 1.30. The summed E-state index contributed by atoms with van der Waals surface area (Å²) in [5, 5.41) is 2.97. The molecule has 106 valence electrons. The molecular weight excluding hydrogens is 252 g/mol. The molecule has 0 saturated heterocycles. The van der Waals surface area contributed by atoms with E-state index in [0.717, 1.165) is 6.54 Å². The van der Waals surface area contributed by atoms with Gasteiger partial charge in [-0.25, -0.2) is 8.78 Å². The number of benzene rings is 1. The fraction of sp³-hybridized carbons (Fsp3) is 0.462. The molecule has 1 aromatic rings. The maximum absolute atomic E-state index is 12.6. The Morgan fingerprint density at radius 2 is 2.00 bits per heavy atom. The zero-order chi connectivity index (χ0) is 14.4. The van der Waals surface area contributed by atoms with Crippen LogP contribution >= 0.6 is 0 Å². The van der Waals surface area contributed by atoms with Gasteiger partial charge >= 0.3 is 0 Å². The molecule has 0 bridgehead atoms. The Labute approximate surface area is 111 Å². The number of hydrogen-bond acceptors (Lipinski definition) is 3. The average molecular weight is 271 g/mol. The normalized spacial score (nSPS) is 12.9. The first kappa shape index (κ1) is 15.5. The van der Waals surface area contributed by atoms with E-state index < -0.39 is 18.4 Å². The standard InChI is InChI=1S/C13H19F2N3O/c1-18(2)7-6-17-11(13(16)19)9-4-3-5-10(8-9)12(14)15/h3-5,8,11-12,17H,6-7H2,1-2H3,(H2,16,19). The molecule has 1 aromatic carbocycles. The van der Waals surface area contributed by atoms with E-state index >= 15 is 0 Å². The molecule has 0 aliphatic carbocycles. The van der Waals surface area contributed by atoms with Crippen molar-refractivity contribution in [2.75, 3.05) is 27.2 Å². The van der Waals surface area contributed by atoms with Crippen molar-refractivity contribution in [2.45, 2.75) is 12.5 Å². The molecule has 19 heavy (non-hydrogen) atoms. The minimum atomic E-state index is -2.56. The Bertz CT molecular complexity index is 424. The highest BCUT2D eigenvalue weighted by Crippen LogP contribution is 2.22. The van der Waals surface area contributed by atoms with E-state index in [-0.39, 0.29) is 5.56 Å². The van der Waals surface area contributed by atoms with E-state index in [2.05, 4.69) is 5.32 Å². The molecule has 1 rings (SSSR count). The molecule has 6 heteroatoms. The first-order valence-corrected chi connectivity index (χ1v) is 5.97. The maximum Gasteiger partial charge on any atom is 0.263 e. The fourth-order valence-electron chi connectivity index (χ4n) is 1.69. The Morgan fingerprint density at radius 1 is 1.37 bits per heavy atom. The van der Waals surface area contributed by atoms with Crippen molar-refractivity contribution in [3.8, 4) is 0 Å². The summed E-state index contributed by atoms with van der Waals surface area (Å²) >= 11 is 0. The largest absolute Gasteiger partial charge is 0.368 e. The summed E-state index contributed by atoms with van der Waals surface area (Å²) in [6.45, 7) is 1.26. The summed E-state index contributed by atoms with van der Waals surface area (Å²) < 4.78 is 25.3. The summed E-state index contributed by atoms with van der Waals surface area (Å²) in [6, 6.07) is 5.00. The van der Waals surface area contributed by atoms with Crippen LogP contribution in [0.4, 0.5) is 8.78 Å². The monoisotopic (exact) mass is 271 g/mol. The van der Waals surface area contributed by atoms with Crippen LogP contribution in [-0.2, 0) is 4.79 Å². The number of halogens is 2. The average Bonchev–Trinajstić information content (AvgIpc) is 2.34. The van der Waals surface area contributed by atoms with Crippen LogP contribution < -0.4 is 11.1 Å². The number of alkyl halides is 2. The number of likely N-dealkylation sites (N-methyl/N-ethyl adjacent to an activating group) is 1. The smallest absolute Gasteiger partial charge is 0.263 e. The molecule has 0 aliphatic rings. The minimum Gasteiger partial charge on any atom is -0.368 e. The Morgan fingerprint density at radius 3 is 2.53 bits per heavy atom. The van der Waals surface area contributed by atoms with Crippen molar-refractivity contribution >= 4 is 5.91 Å². The summed E-state index contributed by atoms with van der Waals surface area (Å²) in [6.07, 6.45) is -2.56. The third-order valence-corrected chi connectivity index (χ3v) is 2.69. The number of nitrogens with one attached hydrogen (secondary N) is 1. The number of hydrogen-bond donors (Lipinski definition) is 2. The summed E-state index contributed by atoms with van der Waals surface area (Å²) in [7, 11) is 3.80. The van der Waals surface area contributed by atoms with Crippen LogP contribution in [0.1, 0.15) is 23.6 Å². The van der Waals surface area contributed by atoms with Crippen molar-refractivity contribution in [3.05, 3.63) is 35.4 Å². The van der Waals surface area contributed by atoms with Gasteiger partial charge in [0, 0.05) is 18.7 Å². The number of carbonyl (C=O) groups is 1. The summed E-state index contributed by atoms with van der Waals surface area (Å²) in [4.78, 5) is 13.4. The van der Waals surface area contributed by atoms with Crippen LogP contribution in [0.5, 0.6) is 0 Å². The number of primary amides is 1. The number of nitrogens with two attached hydrogens (primary N) is 1. The lowest BCUT2D eigenvalue weighted by atomic mass is 10.0. The highest BCUT2D eigenvalue weighted by molar-refractivity contribution is 5.81. The molecule has 0 aliphatic heterocycles. The zero-order valence-electron chi connectivity index (χ0n) is 11.1. The van der Waals surface area contributed by atoms with Gasteiger partial charge < -0.3 is 16.0 Å². The highest BCUT2D eigenvalue weighted by atomic mass is 19.3. The number of amides is 1. The highest BCUT2D eigenvalue weighted by Gasteiger charge is 2.18. The molecular formula is C13H19F2N3O. The Balaban J connectivity index is 2.81. The van der Waals surface area contributed by atoms with Crippen molar-refractivity contribution in [1.29, 1.82) is 0 Å². The number of nitrogens with zero attached hydrogens (tertiary/aromatic N) is 1. The molecule has 0 heterocycles. The molecule has 0 aromatic heterocycles. The van der Waals surface area contributed by atoms with Gasteiger partial charge in [0.1, 0.15) is 6.04 Å². The third kappa shape index (κ3) is 4.92. The minimum absolute atomic E-state index is 0.113. The van der Waals surface area contributed by atoms with Gasteiger partial charge in [-0.1, -0.05) is 18.2 Å². The molecule has 1 atom stereocenters. The summed E-state index contributed by atoms with van der Waals surface area (Å²) in [5.74, 6) is -0.579. The van der Waals surface area contributed by atoms with Crippen molar-refractivity contribution < 1.29 is 13.6 Å². The van der Waals surface area contributed by atoms with Gasteiger partial charge in [0.2, 0.25) is 5.91 Å². The summed E-state index contributed by atoms with van der Waals surface area (Å²) in [5.41, 5.74) is 5.66. The molecule has 0 spiro atoms. The van der Waals surface area contributed by atoms with Gasteiger partial charge in [-0.15, -0.1) is 0 Å². The number of rotatable bonds is 7. The first-order valence-electron chi connectivity index (χ1n) is 5.97. The molecule has 3 N–H and O–H groups in total. The fourth-order valence-corrected chi connectivity index (χ4v) is 1.69. The molecule has 0 fully saturated rings. The second kappa shape index (κ2) is 7.16. The topological polar surface area (TPSA) is 58.4 Å². The van der Waals surface area contributed by atoms with Crippen LogP contribution in [0.2, 0.25) is 0 Å². The first-order chi connectivity index (χ1) is 8.91. The number of carbonyl (C=O) groups excluding carboxylic acids is 1. The van der Waals surface area contributed by atoms with E-state index in [1.807, 2.05) is 19.0 Å². The molecule has 1 unspecified atom stereocenters. The van der Waals surface area contributed by atoms with E-state index in [0.29, 0.717) is 12.1 Å². The van der Waals surface area contributed by atoms with E-state index in [4.69, 9.17) is 5.73 Å². The van der Waals surface area contributed by atoms with Crippen LogP contribution in [0.3, 0.4) is 0 Å². The van der Waals surface area contributed by atoms with Gasteiger partial charge in [0.25, 0.3) is 6.43 Å². The maximum atomic E-state index is 12.6. The van der Waals surface area contributed by atoms with Gasteiger partial charge in [-0.2, -0.15) is 0 Å². The van der Waals surface area contributed by atoms with Gasteiger partial charge in [-0.05, 0) is 25.7 Å². The molecule has 0 saturated carbocycles. The van der Waals surface area contributed by atoms with Gasteiger partial charge in [-0.3, -0.25) is 4.79 Å². The molecule has 4 nitrogen and oxygen atoms in total. The van der Waals surface area contributed by atoms with E-state index in [9.17, 15) is 13.6 Å². The van der Waals surface area contributed by atoms with Crippen molar-refractivity contribution in [1.82, 2.24) is 10.2 Å². The third-order valence-electron chi connectivity index (χ3n) is 2.69. The van der Waals surface area contributed by atoms with E-state index in [1.165, 1.54) is 18.2 Å². The van der Waals surface area contributed by atoms with Gasteiger partial charge in [0.05, 0.1) is 0 Å². The lowest BCUT2D eigenvalue weighted by Gasteiger charge is -2.18. The lowest BCUT2D eigenvalue weighted by Crippen LogP contribution is -2.37. The molecule has 1 amide bonds. The lowest BCUT2D eigenvalue weighted by molar-refractivity contribution is -0.120. The second-order valence-electron chi connectivity index (χ2n) is 4.56. The van der Waals surface area contributed by atoms with Crippen molar-refractivity contribution in [2.24, 2.45) is 5.73 Å². The Hall–Kier alpha value is -1.53. The van der Waals surface area contributed by atoms with Crippen LogP contribution in [0, 0.1) is 0 Å². The van der Waals surface area contributed by atoms with Crippen LogP contribution in [0.15, 0.2) is 24.3 Å². The molecule has 0 radical (unpaired) electrons.